The molecule has 0 saturated heterocycles. The Morgan fingerprint density at radius 1 is 1.36 bits per heavy atom. The van der Waals surface area contributed by atoms with E-state index in [-0.39, 0.29) is 0 Å². The van der Waals surface area contributed by atoms with Crippen molar-refractivity contribution in [1.29, 1.82) is 0 Å². The summed E-state index contributed by atoms with van der Waals surface area (Å²) < 4.78 is 0. The Hall–Kier alpha value is 0.150. The van der Waals surface area contributed by atoms with Crippen LogP contribution >= 0.6 is 15.9 Å². The van der Waals surface area contributed by atoms with E-state index in [1.165, 1.54) is 6.42 Å². The lowest BCUT2D eigenvalue weighted by Crippen LogP contribution is -2.37. The highest BCUT2D eigenvalue weighted by Crippen LogP contribution is 2.86. The van der Waals surface area contributed by atoms with Gasteiger partial charge in [0.05, 0.1) is 0 Å². The van der Waals surface area contributed by atoms with Gasteiger partial charge in [0.15, 0.2) is 0 Å². The highest BCUT2D eigenvalue weighted by molar-refractivity contribution is 9.09. The molecular formula is C12H13BrO. The molecule has 9 atom stereocenters. The van der Waals surface area contributed by atoms with Crippen molar-refractivity contribution in [3.05, 3.63) is 0 Å². The van der Waals surface area contributed by atoms with Gasteiger partial charge in [0.2, 0.25) is 0 Å². The number of rotatable bonds is 0. The molecule has 0 heterocycles. The summed E-state index contributed by atoms with van der Waals surface area (Å²) in [7, 11) is 0. The molecule has 0 aromatic carbocycles. The molecule has 6 aliphatic rings. The van der Waals surface area contributed by atoms with Crippen LogP contribution in [0.3, 0.4) is 0 Å². The van der Waals surface area contributed by atoms with Crippen LogP contribution in [0.4, 0.5) is 0 Å². The second kappa shape index (κ2) is 1.66. The molecule has 0 N–H and O–H groups in total. The second-order valence-electron chi connectivity index (χ2n) is 6.42. The highest BCUT2D eigenvalue weighted by Gasteiger charge is 2.87. The minimum Gasteiger partial charge on any atom is -0.299 e. The fraction of sp³-hybridized carbons (Fsp3) is 0.917. The zero-order valence-electron chi connectivity index (χ0n) is 8.11. The van der Waals surface area contributed by atoms with Crippen LogP contribution in [0.5, 0.6) is 0 Å². The smallest absolute Gasteiger partial charge is 0.140 e. The maximum absolute atomic E-state index is 12.2. The highest BCUT2D eigenvalue weighted by atomic mass is 79.9. The van der Waals surface area contributed by atoms with Gasteiger partial charge in [-0.25, -0.2) is 0 Å². The van der Waals surface area contributed by atoms with Gasteiger partial charge in [-0.05, 0) is 41.4 Å². The average molecular weight is 253 g/mol. The van der Waals surface area contributed by atoms with Crippen molar-refractivity contribution < 1.29 is 4.79 Å². The molecule has 0 unspecified atom stereocenters. The van der Waals surface area contributed by atoms with Gasteiger partial charge in [-0.1, -0.05) is 22.9 Å². The topological polar surface area (TPSA) is 17.1 Å². The standard InChI is InChI=1S/C12H13BrO/c1-12-8-4-2-3-5(6(4)11(12)13)9(12)10(14)7(3)8/h3-9,11H,2H2,1H3/t3-,4-,5-,6-,7-,8+,9+,11-,12+/m0/s1. The van der Waals surface area contributed by atoms with Gasteiger partial charge in [-0.3, -0.25) is 4.79 Å². The number of hydrogen-bond donors (Lipinski definition) is 0. The molecule has 0 aromatic heterocycles. The first-order valence-corrected chi connectivity index (χ1v) is 6.76. The molecule has 0 aliphatic heterocycles. The van der Waals surface area contributed by atoms with E-state index in [0.29, 0.717) is 27.9 Å². The molecule has 0 amide bonds. The molecule has 0 radical (unpaired) electrons. The van der Waals surface area contributed by atoms with Crippen molar-refractivity contribution in [1.82, 2.24) is 0 Å². The van der Waals surface area contributed by atoms with E-state index in [9.17, 15) is 4.79 Å². The molecule has 6 fully saturated rings. The van der Waals surface area contributed by atoms with Crippen LogP contribution < -0.4 is 0 Å². The van der Waals surface area contributed by atoms with Crippen LogP contribution in [-0.2, 0) is 4.79 Å². The summed E-state index contributed by atoms with van der Waals surface area (Å²) in [4.78, 5) is 12.9. The molecule has 0 aromatic rings. The Labute approximate surface area is 91.8 Å². The van der Waals surface area contributed by atoms with E-state index in [1.54, 1.807) is 0 Å². The van der Waals surface area contributed by atoms with Gasteiger partial charge >= 0.3 is 0 Å². The lowest BCUT2D eigenvalue weighted by Gasteiger charge is -2.38. The first-order chi connectivity index (χ1) is 6.67. The summed E-state index contributed by atoms with van der Waals surface area (Å²) in [6.45, 7) is 2.40. The summed E-state index contributed by atoms with van der Waals surface area (Å²) >= 11 is 3.92. The molecule has 6 rings (SSSR count). The van der Waals surface area contributed by atoms with E-state index in [1.807, 2.05) is 0 Å². The van der Waals surface area contributed by atoms with Crippen LogP contribution in [0.2, 0.25) is 0 Å². The fourth-order valence-corrected chi connectivity index (χ4v) is 8.05. The minimum atomic E-state index is 0.370. The number of carbonyl (C=O) groups excluding carboxylic acids is 1. The van der Waals surface area contributed by atoms with Crippen molar-refractivity contribution in [2.75, 3.05) is 0 Å². The molecule has 0 spiro atoms. The molecule has 74 valence electrons. The monoisotopic (exact) mass is 252 g/mol. The van der Waals surface area contributed by atoms with Crippen molar-refractivity contribution in [3.8, 4) is 0 Å². The Morgan fingerprint density at radius 2 is 2.14 bits per heavy atom. The van der Waals surface area contributed by atoms with Crippen LogP contribution in [0.25, 0.3) is 0 Å². The van der Waals surface area contributed by atoms with Gasteiger partial charge in [-0.2, -0.15) is 0 Å². The first kappa shape index (κ1) is 7.43. The third-order valence-electron chi connectivity index (χ3n) is 6.63. The SMILES string of the molecule is C[C@@]12[C@@H]3[C@H]4C[C@@H]5[C@@H]3C(=O)[C@H]1[C@@H]5[C@H]4[C@@H]2Br. The molecule has 6 aliphatic carbocycles. The summed E-state index contributed by atoms with van der Waals surface area (Å²) in [5.74, 6) is 5.85. The predicted octanol–water partition coefficient (Wildman–Crippen LogP) is 2.10. The maximum Gasteiger partial charge on any atom is 0.140 e. The van der Waals surface area contributed by atoms with Crippen LogP contribution in [0.1, 0.15) is 13.3 Å². The van der Waals surface area contributed by atoms with Crippen molar-refractivity contribution in [3.63, 3.8) is 0 Å². The summed E-state index contributed by atoms with van der Waals surface area (Å²) in [6, 6.07) is 0. The van der Waals surface area contributed by atoms with Crippen LogP contribution in [0.15, 0.2) is 0 Å². The van der Waals surface area contributed by atoms with Crippen molar-refractivity contribution in [2.45, 2.75) is 18.2 Å². The van der Waals surface area contributed by atoms with Gasteiger partial charge in [-0.15, -0.1) is 0 Å². The zero-order valence-corrected chi connectivity index (χ0v) is 9.70. The number of alkyl halides is 1. The molecule has 14 heavy (non-hydrogen) atoms. The first-order valence-electron chi connectivity index (χ1n) is 5.85. The van der Waals surface area contributed by atoms with Gasteiger partial charge < -0.3 is 0 Å². The number of hydrogen-bond acceptors (Lipinski definition) is 1. The summed E-state index contributed by atoms with van der Waals surface area (Å²) in [5.41, 5.74) is 0.370. The predicted molar refractivity (Wildman–Crippen MR) is 54.9 cm³/mol. The number of carbonyl (C=O) groups is 1. The van der Waals surface area contributed by atoms with Gasteiger partial charge in [0, 0.05) is 16.7 Å². The number of Topliss-reactive ketones (excluding diaryl/α,β-unsaturated/α-hetero) is 1. The van der Waals surface area contributed by atoms with Crippen molar-refractivity contribution in [2.24, 2.45) is 46.8 Å². The maximum atomic E-state index is 12.2. The third kappa shape index (κ3) is 0.391. The molecule has 6 saturated carbocycles. The van der Waals surface area contributed by atoms with E-state index in [4.69, 9.17) is 0 Å². The normalized spacial score (nSPS) is 80.3. The van der Waals surface area contributed by atoms with E-state index in [0.717, 1.165) is 29.6 Å². The lowest BCUT2D eigenvalue weighted by atomic mass is 9.64. The Kier molecular flexibility index (Phi) is 0.883. The van der Waals surface area contributed by atoms with E-state index >= 15 is 0 Å². The Balaban J connectivity index is 1.92. The lowest BCUT2D eigenvalue weighted by molar-refractivity contribution is -0.122. The van der Waals surface area contributed by atoms with Gasteiger partial charge in [0.25, 0.3) is 0 Å². The molecule has 2 heteroatoms. The van der Waals surface area contributed by atoms with Crippen LogP contribution in [-0.4, -0.2) is 10.6 Å². The van der Waals surface area contributed by atoms with Gasteiger partial charge in [0.1, 0.15) is 5.78 Å². The van der Waals surface area contributed by atoms with Crippen molar-refractivity contribution >= 4 is 21.7 Å². The quantitative estimate of drug-likeness (QED) is 0.604. The fourth-order valence-electron chi connectivity index (χ4n) is 6.72. The second-order valence-corrected chi connectivity index (χ2v) is 7.40. The average Bonchev–Trinajstić information content (AvgIpc) is 2.81. The van der Waals surface area contributed by atoms with Crippen LogP contribution in [0, 0.1) is 46.8 Å². The molecule has 6 bridgehead atoms. The third-order valence-corrected chi connectivity index (χ3v) is 8.22. The molecule has 1 nitrogen and oxygen atoms in total. The van der Waals surface area contributed by atoms with E-state index in [2.05, 4.69) is 22.9 Å². The minimum absolute atomic E-state index is 0.370. The Morgan fingerprint density at radius 3 is 2.86 bits per heavy atom. The zero-order chi connectivity index (χ0) is 9.40. The number of halogens is 1. The summed E-state index contributed by atoms with van der Waals surface area (Å²) in [5, 5.41) is 0. The summed E-state index contributed by atoms with van der Waals surface area (Å²) in [6.07, 6.45) is 1.39. The van der Waals surface area contributed by atoms with E-state index < -0.39 is 0 Å². The largest absolute Gasteiger partial charge is 0.299 e. The Bertz CT molecular complexity index is 390. The number of ketones is 1. The molecular weight excluding hydrogens is 240 g/mol.